The first-order valence-corrected chi connectivity index (χ1v) is 10.2. The molecule has 0 saturated heterocycles. The van der Waals surface area contributed by atoms with Crippen molar-refractivity contribution >= 4 is 28.3 Å². The lowest BCUT2D eigenvalue weighted by Crippen LogP contribution is -2.56. The molecule has 152 valence electrons. The van der Waals surface area contributed by atoms with Crippen LogP contribution in [0.1, 0.15) is 25.3 Å². The summed E-state index contributed by atoms with van der Waals surface area (Å²) in [6.45, 7) is 3.96. The SMILES string of the molecule is CCN(CC(=O)O)C1CC(NC(=O)N2CC=C(c3cccc4ccccc34)C2)C1. The summed E-state index contributed by atoms with van der Waals surface area (Å²) in [7, 11) is 0. The monoisotopic (exact) mass is 393 g/mol. The summed E-state index contributed by atoms with van der Waals surface area (Å²) in [5.74, 6) is -0.802. The number of hydrogen-bond donors (Lipinski definition) is 2. The van der Waals surface area contributed by atoms with E-state index in [1.807, 2.05) is 28.9 Å². The first-order chi connectivity index (χ1) is 14.0. The number of carboxylic acids is 1. The third-order valence-electron chi connectivity index (χ3n) is 6.04. The average Bonchev–Trinajstić information content (AvgIpc) is 3.18. The van der Waals surface area contributed by atoms with E-state index in [1.54, 1.807) is 0 Å². The molecule has 1 heterocycles. The van der Waals surface area contributed by atoms with Crippen LogP contribution in [-0.2, 0) is 4.79 Å². The second-order valence-corrected chi connectivity index (χ2v) is 7.87. The first-order valence-electron chi connectivity index (χ1n) is 10.2. The molecule has 0 spiro atoms. The molecule has 1 saturated carbocycles. The lowest BCUT2D eigenvalue weighted by Gasteiger charge is -2.42. The fourth-order valence-electron chi connectivity index (χ4n) is 4.35. The van der Waals surface area contributed by atoms with Gasteiger partial charge in [-0.3, -0.25) is 9.69 Å². The molecule has 6 heteroatoms. The highest BCUT2D eigenvalue weighted by atomic mass is 16.4. The number of rotatable bonds is 6. The quantitative estimate of drug-likeness (QED) is 0.791. The summed E-state index contributed by atoms with van der Waals surface area (Å²) < 4.78 is 0. The number of urea groups is 1. The minimum absolute atomic E-state index is 0.0405. The van der Waals surface area contributed by atoms with E-state index >= 15 is 0 Å². The Morgan fingerprint density at radius 3 is 2.69 bits per heavy atom. The summed E-state index contributed by atoms with van der Waals surface area (Å²) in [6, 6.07) is 14.9. The standard InChI is InChI=1S/C23H27N3O3/c1-2-25(15-22(27)28)19-12-18(13-19)24-23(29)26-11-10-17(14-26)21-9-5-7-16-6-3-4-8-20(16)21/h3-10,18-19H,2,11-15H2,1H3,(H,24,29)(H,27,28). The number of hydrogen-bond acceptors (Lipinski definition) is 3. The van der Waals surface area contributed by atoms with Crippen molar-refractivity contribution in [1.82, 2.24) is 15.1 Å². The van der Waals surface area contributed by atoms with Gasteiger partial charge in [-0.05, 0) is 41.3 Å². The molecule has 2 aliphatic rings. The lowest BCUT2D eigenvalue weighted by molar-refractivity contribution is -0.139. The molecular formula is C23H27N3O3. The fraction of sp³-hybridized carbons (Fsp3) is 0.391. The van der Waals surface area contributed by atoms with Crippen LogP contribution in [0.15, 0.2) is 48.5 Å². The molecule has 2 amide bonds. The maximum absolute atomic E-state index is 12.7. The Bertz CT molecular complexity index is 944. The average molecular weight is 393 g/mol. The summed E-state index contributed by atoms with van der Waals surface area (Å²) >= 11 is 0. The van der Waals surface area contributed by atoms with Gasteiger partial charge in [-0.1, -0.05) is 55.5 Å². The maximum atomic E-state index is 12.7. The van der Waals surface area contributed by atoms with Crippen LogP contribution in [0.4, 0.5) is 4.79 Å². The van der Waals surface area contributed by atoms with Crippen LogP contribution in [0.25, 0.3) is 16.3 Å². The number of aliphatic carboxylic acids is 1. The number of fused-ring (bicyclic) bond motifs is 1. The largest absolute Gasteiger partial charge is 0.480 e. The summed E-state index contributed by atoms with van der Waals surface area (Å²) in [5.41, 5.74) is 2.37. The predicted octanol–water partition coefficient (Wildman–Crippen LogP) is 3.19. The van der Waals surface area contributed by atoms with E-state index in [0.717, 1.165) is 12.8 Å². The van der Waals surface area contributed by atoms with Crippen LogP contribution < -0.4 is 5.32 Å². The van der Waals surface area contributed by atoms with Gasteiger partial charge in [0.2, 0.25) is 0 Å². The molecule has 2 N–H and O–H groups in total. The van der Waals surface area contributed by atoms with Gasteiger partial charge in [0.25, 0.3) is 0 Å². The number of carbonyl (C=O) groups excluding carboxylic acids is 1. The van der Waals surface area contributed by atoms with Gasteiger partial charge in [-0.25, -0.2) is 4.79 Å². The van der Waals surface area contributed by atoms with Crippen molar-refractivity contribution in [2.24, 2.45) is 0 Å². The van der Waals surface area contributed by atoms with Gasteiger partial charge in [-0.15, -0.1) is 0 Å². The molecule has 0 radical (unpaired) electrons. The smallest absolute Gasteiger partial charge is 0.318 e. The van der Waals surface area contributed by atoms with Crippen molar-refractivity contribution in [2.45, 2.75) is 31.8 Å². The highest BCUT2D eigenvalue weighted by Gasteiger charge is 2.35. The lowest BCUT2D eigenvalue weighted by atomic mass is 9.85. The zero-order chi connectivity index (χ0) is 20.4. The molecule has 29 heavy (non-hydrogen) atoms. The highest BCUT2D eigenvalue weighted by Crippen LogP contribution is 2.29. The number of amides is 2. The van der Waals surface area contributed by atoms with Crippen LogP contribution >= 0.6 is 0 Å². The number of nitrogens with zero attached hydrogens (tertiary/aromatic N) is 2. The fourth-order valence-corrected chi connectivity index (χ4v) is 4.35. The zero-order valence-corrected chi connectivity index (χ0v) is 16.7. The number of carboxylic acid groups (broad SMARTS) is 1. The van der Waals surface area contributed by atoms with E-state index in [4.69, 9.17) is 5.11 Å². The van der Waals surface area contributed by atoms with Crippen molar-refractivity contribution < 1.29 is 14.7 Å². The topological polar surface area (TPSA) is 72.9 Å². The Kier molecular flexibility index (Phi) is 5.53. The van der Waals surface area contributed by atoms with Gasteiger partial charge in [0, 0.05) is 25.2 Å². The molecule has 2 aromatic rings. The molecular weight excluding hydrogens is 366 g/mol. The number of nitrogens with one attached hydrogen (secondary N) is 1. The van der Waals surface area contributed by atoms with Gasteiger partial charge in [-0.2, -0.15) is 0 Å². The normalized spacial score (nSPS) is 21.2. The van der Waals surface area contributed by atoms with E-state index in [2.05, 4.69) is 41.7 Å². The third kappa shape index (κ3) is 4.12. The molecule has 1 aliphatic heterocycles. The second-order valence-electron chi connectivity index (χ2n) is 7.87. The zero-order valence-electron chi connectivity index (χ0n) is 16.7. The van der Waals surface area contributed by atoms with Gasteiger partial charge >= 0.3 is 12.0 Å². The van der Waals surface area contributed by atoms with Crippen LogP contribution in [-0.4, -0.2) is 65.2 Å². The van der Waals surface area contributed by atoms with Gasteiger partial charge in [0.1, 0.15) is 0 Å². The Morgan fingerprint density at radius 2 is 1.93 bits per heavy atom. The Labute approximate surface area is 170 Å². The van der Waals surface area contributed by atoms with E-state index in [0.29, 0.717) is 19.6 Å². The molecule has 0 atom stereocenters. The van der Waals surface area contributed by atoms with Gasteiger partial charge in [0.15, 0.2) is 0 Å². The van der Waals surface area contributed by atoms with Crippen LogP contribution in [0.5, 0.6) is 0 Å². The second kappa shape index (κ2) is 8.25. The maximum Gasteiger partial charge on any atom is 0.318 e. The van der Waals surface area contributed by atoms with E-state index < -0.39 is 5.97 Å². The highest BCUT2D eigenvalue weighted by molar-refractivity contribution is 5.95. The minimum Gasteiger partial charge on any atom is -0.480 e. The summed E-state index contributed by atoms with van der Waals surface area (Å²) in [6.07, 6.45) is 3.76. The number of likely N-dealkylation sites (N-methyl/N-ethyl adjacent to an activating group) is 1. The molecule has 0 bridgehead atoms. The van der Waals surface area contributed by atoms with Crippen molar-refractivity contribution in [3.8, 4) is 0 Å². The van der Waals surface area contributed by atoms with Gasteiger partial charge < -0.3 is 15.3 Å². The molecule has 0 aromatic heterocycles. The van der Waals surface area contributed by atoms with E-state index in [9.17, 15) is 9.59 Å². The van der Waals surface area contributed by atoms with Gasteiger partial charge in [0.05, 0.1) is 6.54 Å². The van der Waals surface area contributed by atoms with E-state index in [1.165, 1.54) is 21.9 Å². The molecule has 4 rings (SSSR count). The number of benzene rings is 2. The summed E-state index contributed by atoms with van der Waals surface area (Å²) in [4.78, 5) is 27.4. The molecule has 0 unspecified atom stereocenters. The molecule has 2 aromatic carbocycles. The molecule has 1 aliphatic carbocycles. The first kappa shape index (κ1) is 19.5. The number of carbonyl (C=O) groups is 2. The molecule has 6 nitrogen and oxygen atoms in total. The Morgan fingerprint density at radius 1 is 1.17 bits per heavy atom. The Balaban J connectivity index is 1.32. The molecule has 1 fully saturated rings. The van der Waals surface area contributed by atoms with Crippen LogP contribution in [0, 0.1) is 0 Å². The van der Waals surface area contributed by atoms with E-state index in [-0.39, 0.29) is 24.7 Å². The third-order valence-corrected chi connectivity index (χ3v) is 6.04. The van der Waals surface area contributed by atoms with Crippen LogP contribution in [0.3, 0.4) is 0 Å². The van der Waals surface area contributed by atoms with Crippen molar-refractivity contribution in [1.29, 1.82) is 0 Å². The summed E-state index contributed by atoms with van der Waals surface area (Å²) in [5, 5.41) is 14.5. The van der Waals surface area contributed by atoms with Crippen molar-refractivity contribution in [2.75, 3.05) is 26.2 Å². The minimum atomic E-state index is -0.802. The van der Waals surface area contributed by atoms with Crippen LogP contribution in [0.2, 0.25) is 0 Å². The Hall–Kier alpha value is -2.86. The predicted molar refractivity (Wildman–Crippen MR) is 114 cm³/mol. The van der Waals surface area contributed by atoms with Crippen molar-refractivity contribution in [3.05, 3.63) is 54.1 Å². The van der Waals surface area contributed by atoms with Crippen molar-refractivity contribution in [3.63, 3.8) is 0 Å².